The van der Waals surface area contributed by atoms with Crippen molar-refractivity contribution in [3.8, 4) is 0 Å². The van der Waals surface area contributed by atoms with E-state index in [1.807, 2.05) is 12.4 Å². The Bertz CT molecular complexity index is 367. The predicted molar refractivity (Wildman–Crippen MR) is 71.4 cm³/mol. The fraction of sp³-hybridized carbons (Fsp3) is 0.769. The zero-order valence-electron chi connectivity index (χ0n) is 11.3. The van der Waals surface area contributed by atoms with Gasteiger partial charge in [0, 0.05) is 38.1 Å². The number of aromatic nitrogens is 2. The highest BCUT2D eigenvalue weighted by Crippen LogP contribution is 1.94. The average Bonchev–Trinajstić information content (AvgIpc) is 2.63. The monoisotopic (exact) mass is 239 g/mol. The molecule has 0 aromatic carbocycles. The van der Waals surface area contributed by atoms with E-state index >= 15 is 0 Å². The number of rotatable bonds is 8. The highest BCUT2D eigenvalue weighted by molar-refractivity contribution is 4.81. The van der Waals surface area contributed by atoms with E-state index in [1.54, 1.807) is 9.13 Å². The molecule has 4 heteroatoms. The molecule has 98 valence electrons. The summed E-state index contributed by atoms with van der Waals surface area (Å²) in [6.45, 7) is 8.88. The standard InChI is InChI=1S/C13H25N3O/c1-4-6-12(3)14-7-9-16-11-10-15(8-5-2)13(16)17/h10-12,14H,4-9H2,1-3H3. The third-order valence-electron chi connectivity index (χ3n) is 2.95. The maximum absolute atomic E-state index is 11.9. The fourth-order valence-corrected chi connectivity index (χ4v) is 2.00. The van der Waals surface area contributed by atoms with Gasteiger partial charge in [-0.3, -0.25) is 9.13 Å². The van der Waals surface area contributed by atoms with Crippen molar-refractivity contribution in [1.29, 1.82) is 0 Å². The summed E-state index contributed by atoms with van der Waals surface area (Å²) in [5, 5.41) is 3.43. The van der Waals surface area contributed by atoms with Gasteiger partial charge >= 0.3 is 5.69 Å². The molecule has 1 aromatic heterocycles. The Balaban J connectivity index is 2.39. The van der Waals surface area contributed by atoms with Gasteiger partial charge in [-0.1, -0.05) is 20.3 Å². The minimum atomic E-state index is 0.108. The van der Waals surface area contributed by atoms with Gasteiger partial charge in [0.2, 0.25) is 0 Å². The Kier molecular flexibility index (Phi) is 6.05. The minimum absolute atomic E-state index is 0.108. The van der Waals surface area contributed by atoms with E-state index < -0.39 is 0 Å². The number of hydrogen-bond acceptors (Lipinski definition) is 2. The van der Waals surface area contributed by atoms with Gasteiger partial charge in [-0.25, -0.2) is 4.79 Å². The Morgan fingerprint density at radius 1 is 1.18 bits per heavy atom. The van der Waals surface area contributed by atoms with E-state index in [0.717, 1.165) is 26.1 Å². The van der Waals surface area contributed by atoms with Gasteiger partial charge in [0.05, 0.1) is 0 Å². The number of nitrogens with zero attached hydrogens (tertiary/aromatic N) is 2. The van der Waals surface area contributed by atoms with E-state index in [1.165, 1.54) is 12.8 Å². The molecule has 17 heavy (non-hydrogen) atoms. The largest absolute Gasteiger partial charge is 0.328 e. The maximum atomic E-state index is 11.9. The van der Waals surface area contributed by atoms with Crippen molar-refractivity contribution in [2.24, 2.45) is 0 Å². The molecule has 1 aromatic rings. The van der Waals surface area contributed by atoms with Crippen molar-refractivity contribution in [3.63, 3.8) is 0 Å². The van der Waals surface area contributed by atoms with Crippen LogP contribution in [-0.4, -0.2) is 21.7 Å². The molecule has 4 nitrogen and oxygen atoms in total. The molecule has 0 fully saturated rings. The molecule has 1 atom stereocenters. The molecular formula is C13H25N3O. The summed E-state index contributed by atoms with van der Waals surface area (Å²) in [4.78, 5) is 11.9. The van der Waals surface area contributed by atoms with Gasteiger partial charge in [0.15, 0.2) is 0 Å². The Morgan fingerprint density at radius 2 is 1.82 bits per heavy atom. The highest BCUT2D eigenvalue weighted by atomic mass is 16.1. The quantitative estimate of drug-likeness (QED) is 0.752. The summed E-state index contributed by atoms with van der Waals surface area (Å²) < 4.78 is 3.55. The van der Waals surface area contributed by atoms with Crippen LogP contribution in [0.25, 0.3) is 0 Å². The average molecular weight is 239 g/mol. The molecule has 1 N–H and O–H groups in total. The van der Waals surface area contributed by atoms with Crippen LogP contribution in [-0.2, 0) is 13.1 Å². The maximum Gasteiger partial charge on any atom is 0.328 e. The van der Waals surface area contributed by atoms with Crippen LogP contribution in [0.4, 0.5) is 0 Å². The second kappa shape index (κ2) is 7.33. The number of hydrogen-bond donors (Lipinski definition) is 1. The van der Waals surface area contributed by atoms with Crippen LogP contribution in [0.5, 0.6) is 0 Å². The Morgan fingerprint density at radius 3 is 2.41 bits per heavy atom. The summed E-state index contributed by atoms with van der Waals surface area (Å²) in [5.41, 5.74) is 0.108. The summed E-state index contributed by atoms with van der Waals surface area (Å²) in [6, 6.07) is 0.536. The smallest absolute Gasteiger partial charge is 0.312 e. The van der Waals surface area contributed by atoms with E-state index in [9.17, 15) is 4.79 Å². The van der Waals surface area contributed by atoms with E-state index in [4.69, 9.17) is 0 Å². The van der Waals surface area contributed by atoms with Crippen LogP contribution < -0.4 is 11.0 Å². The SMILES string of the molecule is CCCC(C)NCCn1ccn(CCC)c1=O. The zero-order valence-corrected chi connectivity index (χ0v) is 11.3. The second-order valence-corrected chi connectivity index (χ2v) is 4.61. The summed E-state index contributed by atoms with van der Waals surface area (Å²) in [6.07, 6.45) is 7.13. The third-order valence-corrected chi connectivity index (χ3v) is 2.95. The second-order valence-electron chi connectivity index (χ2n) is 4.61. The fourth-order valence-electron chi connectivity index (χ4n) is 2.00. The van der Waals surface area contributed by atoms with Crippen molar-refractivity contribution in [2.45, 2.75) is 59.2 Å². The minimum Gasteiger partial charge on any atom is -0.312 e. The van der Waals surface area contributed by atoms with Crippen molar-refractivity contribution in [2.75, 3.05) is 6.54 Å². The first kappa shape index (κ1) is 14.0. The highest BCUT2D eigenvalue weighted by Gasteiger charge is 2.03. The Hall–Kier alpha value is -1.03. The van der Waals surface area contributed by atoms with Gasteiger partial charge in [-0.05, 0) is 19.8 Å². The molecule has 1 rings (SSSR count). The Labute approximate surface area is 104 Å². The molecule has 0 aliphatic heterocycles. The first-order valence-electron chi connectivity index (χ1n) is 6.68. The van der Waals surface area contributed by atoms with Crippen molar-refractivity contribution >= 4 is 0 Å². The number of nitrogens with one attached hydrogen (secondary N) is 1. The van der Waals surface area contributed by atoms with E-state index in [-0.39, 0.29) is 5.69 Å². The summed E-state index contributed by atoms with van der Waals surface area (Å²) in [7, 11) is 0. The molecule has 0 bridgehead atoms. The van der Waals surface area contributed by atoms with Crippen LogP contribution >= 0.6 is 0 Å². The lowest BCUT2D eigenvalue weighted by molar-refractivity contribution is 0.479. The zero-order chi connectivity index (χ0) is 12.7. The van der Waals surface area contributed by atoms with Crippen molar-refractivity contribution < 1.29 is 0 Å². The molecule has 0 amide bonds. The number of imidazole rings is 1. The van der Waals surface area contributed by atoms with Crippen molar-refractivity contribution in [3.05, 3.63) is 22.9 Å². The normalized spacial score (nSPS) is 12.9. The molecule has 0 saturated carbocycles. The van der Waals surface area contributed by atoms with Crippen molar-refractivity contribution in [1.82, 2.24) is 14.5 Å². The number of aryl methyl sites for hydroxylation is 1. The van der Waals surface area contributed by atoms with Gasteiger partial charge < -0.3 is 5.32 Å². The van der Waals surface area contributed by atoms with Gasteiger partial charge in [0.25, 0.3) is 0 Å². The lowest BCUT2D eigenvalue weighted by atomic mass is 10.2. The molecule has 1 heterocycles. The lowest BCUT2D eigenvalue weighted by Gasteiger charge is -2.12. The molecule has 0 aliphatic carbocycles. The first-order chi connectivity index (χ1) is 8.19. The molecule has 0 aliphatic rings. The third kappa shape index (κ3) is 4.38. The lowest BCUT2D eigenvalue weighted by Crippen LogP contribution is -2.32. The molecule has 1 unspecified atom stereocenters. The van der Waals surface area contributed by atoms with Gasteiger partial charge in [0.1, 0.15) is 0 Å². The first-order valence-corrected chi connectivity index (χ1v) is 6.68. The summed E-state index contributed by atoms with van der Waals surface area (Å²) >= 11 is 0. The van der Waals surface area contributed by atoms with E-state index in [0.29, 0.717) is 6.04 Å². The topological polar surface area (TPSA) is 39.0 Å². The molecular weight excluding hydrogens is 214 g/mol. The summed E-state index contributed by atoms with van der Waals surface area (Å²) in [5.74, 6) is 0. The molecule has 0 spiro atoms. The molecule has 0 saturated heterocycles. The van der Waals surface area contributed by atoms with Gasteiger partial charge in [-0.15, -0.1) is 0 Å². The van der Waals surface area contributed by atoms with Crippen LogP contribution in [0.3, 0.4) is 0 Å². The van der Waals surface area contributed by atoms with Crippen LogP contribution in [0.1, 0.15) is 40.0 Å². The predicted octanol–water partition coefficient (Wildman–Crippen LogP) is 1.84. The van der Waals surface area contributed by atoms with E-state index in [2.05, 4.69) is 26.1 Å². The molecule has 0 radical (unpaired) electrons. The van der Waals surface area contributed by atoms with Crippen LogP contribution in [0.15, 0.2) is 17.2 Å². The van der Waals surface area contributed by atoms with Gasteiger partial charge in [-0.2, -0.15) is 0 Å². The van der Waals surface area contributed by atoms with Crippen LogP contribution in [0.2, 0.25) is 0 Å². The van der Waals surface area contributed by atoms with Crippen LogP contribution in [0, 0.1) is 0 Å².